The Kier molecular flexibility index (Phi) is 3.95. The standard InChI is InChI=1S/C16H17F3N2O/c17-16(18,19)15-9-14(12-3-1-2-4-13(12)21-15)20-10-5-7-11(22)8-6-10/h1-4,9-11,22H,5-8H2,(H,20,21). The van der Waals surface area contributed by atoms with Crippen LogP contribution in [-0.4, -0.2) is 22.2 Å². The van der Waals surface area contributed by atoms with E-state index in [0.717, 1.165) is 18.9 Å². The smallest absolute Gasteiger partial charge is 0.393 e. The molecule has 0 radical (unpaired) electrons. The van der Waals surface area contributed by atoms with E-state index >= 15 is 0 Å². The van der Waals surface area contributed by atoms with Crippen LogP contribution in [0.4, 0.5) is 18.9 Å². The molecule has 1 aromatic heterocycles. The SMILES string of the molecule is OC1CCC(Nc2cc(C(F)(F)F)nc3ccccc23)CC1. The Morgan fingerprint density at radius 2 is 1.77 bits per heavy atom. The number of anilines is 1. The molecule has 0 saturated heterocycles. The number of aromatic nitrogens is 1. The second-order valence-corrected chi connectivity index (χ2v) is 5.72. The van der Waals surface area contributed by atoms with E-state index in [1.165, 1.54) is 0 Å². The molecular formula is C16H17F3N2O. The molecule has 3 nitrogen and oxygen atoms in total. The van der Waals surface area contributed by atoms with Crippen LogP contribution in [0, 0.1) is 0 Å². The molecular weight excluding hydrogens is 293 g/mol. The van der Waals surface area contributed by atoms with E-state index in [-0.39, 0.29) is 12.1 Å². The Hall–Kier alpha value is -1.82. The zero-order valence-electron chi connectivity index (χ0n) is 11.9. The second kappa shape index (κ2) is 5.76. The van der Waals surface area contributed by atoms with Crippen LogP contribution in [0.3, 0.4) is 0 Å². The van der Waals surface area contributed by atoms with Gasteiger partial charge in [-0.1, -0.05) is 18.2 Å². The molecule has 6 heteroatoms. The van der Waals surface area contributed by atoms with Gasteiger partial charge in [0.25, 0.3) is 0 Å². The largest absolute Gasteiger partial charge is 0.433 e. The van der Waals surface area contributed by atoms with Crippen molar-refractivity contribution >= 4 is 16.6 Å². The first-order chi connectivity index (χ1) is 10.4. The van der Waals surface area contributed by atoms with Gasteiger partial charge in [0.15, 0.2) is 0 Å². The number of nitrogens with one attached hydrogen (secondary N) is 1. The number of para-hydroxylation sites is 1. The maximum atomic E-state index is 13.0. The summed E-state index contributed by atoms with van der Waals surface area (Å²) in [6, 6.07) is 7.97. The third kappa shape index (κ3) is 3.16. The number of hydrogen-bond donors (Lipinski definition) is 2. The predicted octanol–water partition coefficient (Wildman–Crippen LogP) is 3.97. The first-order valence-corrected chi connectivity index (χ1v) is 7.35. The molecule has 1 heterocycles. The number of benzene rings is 1. The molecule has 0 atom stereocenters. The first-order valence-electron chi connectivity index (χ1n) is 7.35. The first kappa shape index (κ1) is 15.1. The molecule has 3 rings (SSSR count). The summed E-state index contributed by atoms with van der Waals surface area (Å²) in [6.45, 7) is 0. The molecule has 0 aliphatic heterocycles. The van der Waals surface area contributed by atoms with E-state index in [9.17, 15) is 18.3 Å². The summed E-state index contributed by atoms with van der Waals surface area (Å²) in [7, 11) is 0. The summed E-state index contributed by atoms with van der Waals surface area (Å²) in [4.78, 5) is 3.71. The topological polar surface area (TPSA) is 45.1 Å². The summed E-state index contributed by atoms with van der Waals surface area (Å²) in [6.07, 6.45) is -1.92. The number of alkyl halides is 3. The fourth-order valence-corrected chi connectivity index (χ4v) is 2.88. The van der Waals surface area contributed by atoms with Gasteiger partial charge in [0, 0.05) is 17.1 Å². The maximum Gasteiger partial charge on any atom is 0.433 e. The minimum absolute atomic E-state index is 0.0790. The van der Waals surface area contributed by atoms with Crippen LogP contribution in [0.2, 0.25) is 0 Å². The molecule has 0 bridgehead atoms. The van der Waals surface area contributed by atoms with Gasteiger partial charge in [-0.2, -0.15) is 13.2 Å². The van der Waals surface area contributed by atoms with Crippen LogP contribution in [0.15, 0.2) is 30.3 Å². The third-order valence-electron chi connectivity index (χ3n) is 4.06. The molecule has 22 heavy (non-hydrogen) atoms. The van der Waals surface area contributed by atoms with Crippen LogP contribution >= 0.6 is 0 Å². The minimum Gasteiger partial charge on any atom is -0.393 e. The van der Waals surface area contributed by atoms with Gasteiger partial charge in [0.05, 0.1) is 11.6 Å². The van der Waals surface area contributed by atoms with Crippen molar-refractivity contribution in [2.45, 2.75) is 44.0 Å². The molecule has 0 amide bonds. The Bertz CT molecular complexity index is 664. The van der Waals surface area contributed by atoms with E-state index in [2.05, 4.69) is 10.3 Å². The Morgan fingerprint density at radius 1 is 1.09 bits per heavy atom. The normalized spacial score (nSPS) is 22.7. The minimum atomic E-state index is -4.47. The van der Waals surface area contributed by atoms with Crippen LogP contribution in [0.1, 0.15) is 31.4 Å². The number of fused-ring (bicyclic) bond motifs is 1. The number of halogens is 3. The predicted molar refractivity (Wildman–Crippen MR) is 78.6 cm³/mol. The van der Waals surface area contributed by atoms with Crippen molar-refractivity contribution in [3.8, 4) is 0 Å². The molecule has 1 aromatic carbocycles. The number of pyridine rings is 1. The van der Waals surface area contributed by atoms with Crippen molar-refractivity contribution < 1.29 is 18.3 Å². The average Bonchev–Trinajstić information content (AvgIpc) is 2.48. The van der Waals surface area contributed by atoms with Gasteiger partial charge in [-0.3, -0.25) is 0 Å². The molecule has 2 N–H and O–H groups in total. The number of hydrogen-bond acceptors (Lipinski definition) is 3. The summed E-state index contributed by atoms with van der Waals surface area (Å²) in [5.41, 5.74) is -0.0977. The maximum absolute atomic E-state index is 13.0. The highest BCUT2D eigenvalue weighted by atomic mass is 19.4. The summed E-state index contributed by atoms with van der Waals surface area (Å²) >= 11 is 0. The monoisotopic (exact) mass is 310 g/mol. The molecule has 0 spiro atoms. The number of rotatable bonds is 2. The molecule has 1 fully saturated rings. The van der Waals surface area contributed by atoms with Crippen LogP contribution in [-0.2, 0) is 6.18 Å². The number of nitrogens with zero attached hydrogens (tertiary/aromatic N) is 1. The lowest BCUT2D eigenvalue weighted by molar-refractivity contribution is -0.140. The molecule has 1 aliphatic carbocycles. The van der Waals surface area contributed by atoms with E-state index in [1.54, 1.807) is 24.3 Å². The van der Waals surface area contributed by atoms with E-state index in [4.69, 9.17) is 0 Å². The molecule has 2 aromatic rings. The summed E-state index contributed by atoms with van der Waals surface area (Å²) < 4.78 is 39.0. The highest BCUT2D eigenvalue weighted by molar-refractivity contribution is 5.91. The van der Waals surface area contributed by atoms with Gasteiger partial charge in [0.2, 0.25) is 0 Å². The Morgan fingerprint density at radius 3 is 2.45 bits per heavy atom. The highest BCUT2D eigenvalue weighted by Crippen LogP contribution is 2.34. The van der Waals surface area contributed by atoms with Crippen molar-refractivity contribution in [1.82, 2.24) is 4.98 Å². The molecule has 118 valence electrons. The van der Waals surface area contributed by atoms with E-state index in [0.29, 0.717) is 29.4 Å². The zero-order valence-corrected chi connectivity index (χ0v) is 11.9. The number of aliphatic hydroxyl groups excluding tert-OH is 1. The lowest BCUT2D eigenvalue weighted by Gasteiger charge is -2.27. The third-order valence-corrected chi connectivity index (χ3v) is 4.06. The van der Waals surface area contributed by atoms with Gasteiger partial charge in [-0.15, -0.1) is 0 Å². The van der Waals surface area contributed by atoms with E-state index < -0.39 is 11.9 Å². The van der Waals surface area contributed by atoms with Gasteiger partial charge < -0.3 is 10.4 Å². The lowest BCUT2D eigenvalue weighted by Crippen LogP contribution is -2.28. The van der Waals surface area contributed by atoms with Crippen molar-refractivity contribution in [3.05, 3.63) is 36.0 Å². The van der Waals surface area contributed by atoms with Gasteiger partial charge in [-0.05, 0) is 37.8 Å². The lowest BCUT2D eigenvalue weighted by atomic mass is 9.93. The second-order valence-electron chi connectivity index (χ2n) is 5.72. The van der Waals surface area contributed by atoms with Crippen LogP contribution in [0.5, 0.6) is 0 Å². The zero-order chi connectivity index (χ0) is 15.7. The van der Waals surface area contributed by atoms with E-state index in [1.807, 2.05) is 0 Å². The summed E-state index contributed by atoms with van der Waals surface area (Å²) in [5.74, 6) is 0. The van der Waals surface area contributed by atoms with Gasteiger partial charge in [-0.25, -0.2) is 4.98 Å². The van der Waals surface area contributed by atoms with Crippen molar-refractivity contribution in [2.24, 2.45) is 0 Å². The van der Waals surface area contributed by atoms with Crippen molar-refractivity contribution in [2.75, 3.05) is 5.32 Å². The van der Waals surface area contributed by atoms with Crippen LogP contribution in [0.25, 0.3) is 10.9 Å². The molecule has 1 aliphatic rings. The van der Waals surface area contributed by atoms with Crippen molar-refractivity contribution in [1.29, 1.82) is 0 Å². The Balaban J connectivity index is 1.96. The molecule has 1 saturated carbocycles. The van der Waals surface area contributed by atoms with Crippen LogP contribution < -0.4 is 5.32 Å². The quantitative estimate of drug-likeness (QED) is 0.882. The fourth-order valence-electron chi connectivity index (χ4n) is 2.88. The number of aliphatic hydroxyl groups is 1. The van der Waals surface area contributed by atoms with Gasteiger partial charge in [0.1, 0.15) is 5.69 Å². The molecule has 0 unspecified atom stereocenters. The van der Waals surface area contributed by atoms with Gasteiger partial charge >= 0.3 is 6.18 Å². The highest BCUT2D eigenvalue weighted by Gasteiger charge is 2.33. The average molecular weight is 310 g/mol. The summed E-state index contributed by atoms with van der Waals surface area (Å²) in [5, 5.41) is 13.4. The fraction of sp³-hybridized carbons (Fsp3) is 0.438. The Labute approximate surface area is 126 Å². The van der Waals surface area contributed by atoms with Crippen molar-refractivity contribution in [3.63, 3.8) is 0 Å².